The van der Waals surface area contributed by atoms with E-state index in [1.165, 1.54) is 0 Å². The highest BCUT2D eigenvalue weighted by molar-refractivity contribution is 5.38. The molecule has 0 amide bonds. The Morgan fingerprint density at radius 2 is 2.29 bits per heavy atom. The van der Waals surface area contributed by atoms with E-state index in [1.54, 1.807) is 0 Å². The van der Waals surface area contributed by atoms with E-state index < -0.39 is 0 Å². The Morgan fingerprint density at radius 3 is 3.00 bits per heavy atom. The smallest absolute Gasteiger partial charge is 0.155 e. The number of hydrogen-bond donors (Lipinski definition) is 1. The van der Waals surface area contributed by atoms with Gasteiger partial charge in [0, 0.05) is 13.0 Å². The zero-order valence-corrected chi connectivity index (χ0v) is 8.49. The average molecular weight is 190 g/mol. The molecule has 0 saturated carbocycles. The number of nitrogens with one attached hydrogen (secondary N) is 1. The zero-order valence-electron chi connectivity index (χ0n) is 8.49. The van der Waals surface area contributed by atoms with Crippen LogP contribution < -0.4 is 5.32 Å². The van der Waals surface area contributed by atoms with Crippen LogP contribution in [0, 0.1) is 0 Å². The Balaban J connectivity index is 2.55. The van der Waals surface area contributed by atoms with E-state index in [0.717, 1.165) is 30.1 Å². The zero-order chi connectivity index (χ0) is 9.97. The van der Waals surface area contributed by atoms with Crippen molar-refractivity contribution in [3.05, 3.63) is 29.7 Å². The van der Waals surface area contributed by atoms with Crippen molar-refractivity contribution in [2.24, 2.45) is 0 Å². The minimum absolute atomic E-state index is 0.809. The van der Waals surface area contributed by atoms with Crippen LogP contribution in [0.1, 0.15) is 18.4 Å². The molecule has 0 fully saturated rings. The monoisotopic (exact) mass is 190 g/mol. The van der Waals surface area contributed by atoms with Gasteiger partial charge in [-0.25, -0.2) is 9.50 Å². The van der Waals surface area contributed by atoms with E-state index in [1.807, 2.05) is 23.7 Å². The number of rotatable bonds is 3. The molecule has 14 heavy (non-hydrogen) atoms. The first-order valence-electron chi connectivity index (χ1n) is 4.83. The second kappa shape index (κ2) is 3.75. The fourth-order valence-electron chi connectivity index (χ4n) is 1.47. The SMILES string of the molecule is CCc1nc2cccc(CNC)n2n1. The summed E-state index contributed by atoms with van der Waals surface area (Å²) in [6.07, 6.45) is 0.876. The second-order valence-electron chi connectivity index (χ2n) is 3.20. The van der Waals surface area contributed by atoms with E-state index in [0.29, 0.717) is 0 Å². The molecule has 0 aliphatic carbocycles. The highest BCUT2D eigenvalue weighted by Crippen LogP contribution is 2.05. The lowest BCUT2D eigenvalue weighted by molar-refractivity contribution is 0.739. The van der Waals surface area contributed by atoms with Crippen molar-refractivity contribution in [3.63, 3.8) is 0 Å². The van der Waals surface area contributed by atoms with Crippen LogP contribution in [0.2, 0.25) is 0 Å². The van der Waals surface area contributed by atoms with Gasteiger partial charge in [-0.2, -0.15) is 5.10 Å². The molecule has 1 N–H and O–H groups in total. The first kappa shape index (κ1) is 9.15. The highest BCUT2D eigenvalue weighted by Gasteiger charge is 2.04. The fraction of sp³-hybridized carbons (Fsp3) is 0.400. The average Bonchev–Trinajstić information content (AvgIpc) is 2.62. The minimum Gasteiger partial charge on any atom is -0.314 e. The van der Waals surface area contributed by atoms with Gasteiger partial charge in [0.15, 0.2) is 11.5 Å². The van der Waals surface area contributed by atoms with Gasteiger partial charge >= 0.3 is 0 Å². The predicted octanol–water partition coefficient (Wildman–Crippen LogP) is 1.01. The number of nitrogens with zero attached hydrogens (tertiary/aromatic N) is 3. The predicted molar refractivity (Wildman–Crippen MR) is 55.1 cm³/mol. The lowest BCUT2D eigenvalue weighted by Gasteiger charge is -2.01. The van der Waals surface area contributed by atoms with E-state index in [9.17, 15) is 0 Å². The quantitative estimate of drug-likeness (QED) is 0.785. The van der Waals surface area contributed by atoms with E-state index in [4.69, 9.17) is 0 Å². The molecule has 2 aromatic heterocycles. The third-order valence-corrected chi connectivity index (χ3v) is 2.16. The molecule has 0 aliphatic heterocycles. The first-order valence-corrected chi connectivity index (χ1v) is 4.83. The highest BCUT2D eigenvalue weighted by atomic mass is 15.3. The lowest BCUT2D eigenvalue weighted by atomic mass is 10.3. The minimum atomic E-state index is 0.809. The third kappa shape index (κ3) is 1.48. The van der Waals surface area contributed by atoms with Crippen LogP contribution in [0.15, 0.2) is 18.2 Å². The molecule has 2 heterocycles. The van der Waals surface area contributed by atoms with Gasteiger partial charge in [0.1, 0.15) is 0 Å². The van der Waals surface area contributed by atoms with Gasteiger partial charge in [-0.15, -0.1) is 0 Å². The van der Waals surface area contributed by atoms with Crippen LogP contribution in [0.4, 0.5) is 0 Å². The Bertz CT molecular complexity index is 433. The molecule has 4 nitrogen and oxygen atoms in total. The summed E-state index contributed by atoms with van der Waals surface area (Å²) in [5.41, 5.74) is 2.06. The van der Waals surface area contributed by atoms with Gasteiger partial charge in [0.25, 0.3) is 0 Å². The third-order valence-electron chi connectivity index (χ3n) is 2.16. The molecular formula is C10H14N4. The normalized spacial score (nSPS) is 11.0. The summed E-state index contributed by atoms with van der Waals surface area (Å²) in [7, 11) is 1.93. The Kier molecular flexibility index (Phi) is 2.45. The van der Waals surface area contributed by atoms with Crippen molar-refractivity contribution in [3.8, 4) is 0 Å². The maximum absolute atomic E-state index is 4.42. The number of aryl methyl sites for hydroxylation is 1. The Morgan fingerprint density at radius 1 is 1.43 bits per heavy atom. The summed E-state index contributed by atoms with van der Waals surface area (Å²) in [5.74, 6) is 0.897. The summed E-state index contributed by atoms with van der Waals surface area (Å²) >= 11 is 0. The molecule has 0 saturated heterocycles. The molecule has 2 rings (SSSR count). The first-order chi connectivity index (χ1) is 6.85. The number of fused-ring (bicyclic) bond motifs is 1. The van der Waals surface area contributed by atoms with Crippen LogP contribution >= 0.6 is 0 Å². The number of aromatic nitrogens is 3. The summed E-state index contributed by atoms with van der Waals surface area (Å²) in [5, 5.41) is 7.53. The van der Waals surface area contributed by atoms with Gasteiger partial charge in [-0.3, -0.25) is 0 Å². The van der Waals surface area contributed by atoms with Crippen LogP contribution in [-0.2, 0) is 13.0 Å². The van der Waals surface area contributed by atoms with Crippen molar-refractivity contribution >= 4 is 5.65 Å². The standard InChI is InChI=1S/C10H14N4/c1-3-9-12-10-6-4-5-8(7-11-2)14(10)13-9/h4-6,11H,3,7H2,1-2H3. The Hall–Kier alpha value is -1.42. The van der Waals surface area contributed by atoms with Crippen LogP contribution in [-0.4, -0.2) is 21.6 Å². The summed E-state index contributed by atoms with van der Waals surface area (Å²) in [4.78, 5) is 4.40. The number of hydrogen-bond acceptors (Lipinski definition) is 3. The van der Waals surface area contributed by atoms with Crippen LogP contribution in [0.5, 0.6) is 0 Å². The van der Waals surface area contributed by atoms with Crippen molar-refractivity contribution in [1.29, 1.82) is 0 Å². The van der Waals surface area contributed by atoms with Gasteiger partial charge in [0.2, 0.25) is 0 Å². The molecule has 0 spiro atoms. The molecule has 2 aromatic rings. The van der Waals surface area contributed by atoms with E-state index >= 15 is 0 Å². The lowest BCUT2D eigenvalue weighted by Crippen LogP contribution is -2.09. The molecule has 0 aromatic carbocycles. The second-order valence-corrected chi connectivity index (χ2v) is 3.20. The molecular weight excluding hydrogens is 176 g/mol. The Labute approximate surface area is 83.0 Å². The molecule has 0 bridgehead atoms. The largest absolute Gasteiger partial charge is 0.314 e. The maximum atomic E-state index is 4.42. The molecule has 0 atom stereocenters. The molecule has 0 unspecified atom stereocenters. The van der Waals surface area contributed by atoms with Crippen molar-refractivity contribution in [1.82, 2.24) is 19.9 Å². The van der Waals surface area contributed by atoms with Gasteiger partial charge in [-0.05, 0) is 19.2 Å². The molecule has 0 radical (unpaired) electrons. The van der Waals surface area contributed by atoms with Gasteiger partial charge in [0.05, 0.1) is 5.69 Å². The van der Waals surface area contributed by atoms with E-state index in [2.05, 4.69) is 28.4 Å². The van der Waals surface area contributed by atoms with Crippen molar-refractivity contribution in [2.45, 2.75) is 19.9 Å². The summed E-state index contributed by atoms with van der Waals surface area (Å²) in [6, 6.07) is 6.04. The maximum Gasteiger partial charge on any atom is 0.155 e. The summed E-state index contributed by atoms with van der Waals surface area (Å²) < 4.78 is 1.90. The van der Waals surface area contributed by atoms with Crippen molar-refractivity contribution < 1.29 is 0 Å². The van der Waals surface area contributed by atoms with Gasteiger partial charge in [-0.1, -0.05) is 13.0 Å². The topological polar surface area (TPSA) is 42.2 Å². The molecule has 4 heteroatoms. The van der Waals surface area contributed by atoms with Crippen LogP contribution in [0.3, 0.4) is 0 Å². The van der Waals surface area contributed by atoms with E-state index in [-0.39, 0.29) is 0 Å². The van der Waals surface area contributed by atoms with Crippen molar-refractivity contribution in [2.75, 3.05) is 7.05 Å². The molecule has 0 aliphatic rings. The number of pyridine rings is 1. The fourth-order valence-corrected chi connectivity index (χ4v) is 1.47. The van der Waals surface area contributed by atoms with Gasteiger partial charge < -0.3 is 5.32 Å². The van der Waals surface area contributed by atoms with Crippen LogP contribution in [0.25, 0.3) is 5.65 Å². The summed E-state index contributed by atoms with van der Waals surface area (Å²) in [6.45, 7) is 2.87. The molecule has 74 valence electrons.